The molecule has 1 aromatic carbocycles. The Morgan fingerprint density at radius 1 is 1.24 bits per heavy atom. The Hall–Kier alpha value is -0.870. The van der Waals surface area contributed by atoms with Gasteiger partial charge in [-0.05, 0) is 40.9 Å². The van der Waals surface area contributed by atoms with E-state index in [1.165, 1.54) is 0 Å². The van der Waals surface area contributed by atoms with Crippen LogP contribution in [0.1, 0.15) is 19.3 Å². The van der Waals surface area contributed by atoms with Crippen LogP contribution in [0.5, 0.6) is 0 Å². The van der Waals surface area contributed by atoms with E-state index in [4.69, 9.17) is 5.73 Å². The third-order valence-corrected chi connectivity index (χ3v) is 4.65. The summed E-state index contributed by atoms with van der Waals surface area (Å²) < 4.78 is 74.8. The molecule has 0 radical (unpaired) electrons. The van der Waals surface area contributed by atoms with Crippen LogP contribution in [0.25, 0.3) is 0 Å². The Balaban J connectivity index is 2.64. The first-order valence-electron chi connectivity index (χ1n) is 5.84. The molecule has 0 bridgehead atoms. The second-order valence-corrected chi connectivity index (χ2v) is 6.86. The number of rotatable bonds is 6. The summed E-state index contributed by atoms with van der Waals surface area (Å²) in [5, 5.41) is 0. The number of halogens is 5. The minimum absolute atomic E-state index is 0.0288. The van der Waals surface area contributed by atoms with Crippen molar-refractivity contribution in [2.45, 2.75) is 30.3 Å². The van der Waals surface area contributed by atoms with Gasteiger partial charge >= 0.3 is 6.18 Å². The standard InChI is InChI=1S/C11H13BrF4N2O2S/c12-7-5-10(9(17)6-8(7)13)21(19,20)18-4-2-1-3-11(14,15)16/h5-6,18H,1-4,17H2. The van der Waals surface area contributed by atoms with Crippen molar-refractivity contribution in [1.29, 1.82) is 0 Å². The number of nitrogens with one attached hydrogen (secondary N) is 1. The quantitative estimate of drug-likeness (QED) is 0.443. The highest BCUT2D eigenvalue weighted by molar-refractivity contribution is 9.10. The molecule has 0 saturated carbocycles. The Kier molecular flexibility index (Phi) is 6.00. The first-order valence-corrected chi connectivity index (χ1v) is 8.11. The van der Waals surface area contributed by atoms with E-state index in [9.17, 15) is 26.0 Å². The van der Waals surface area contributed by atoms with Gasteiger partial charge in [0.1, 0.15) is 10.7 Å². The summed E-state index contributed by atoms with van der Waals surface area (Å²) in [5.74, 6) is -0.711. The average molecular weight is 393 g/mol. The largest absolute Gasteiger partial charge is 0.398 e. The number of unbranched alkanes of at least 4 members (excludes halogenated alkanes) is 1. The van der Waals surface area contributed by atoms with E-state index in [-0.39, 0.29) is 34.4 Å². The molecule has 0 saturated heterocycles. The third kappa shape index (κ3) is 5.79. The molecule has 0 aliphatic heterocycles. The van der Waals surface area contributed by atoms with Crippen LogP contribution in [-0.4, -0.2) is 21.1 Å². The molecule has 4 nitrogen and oxygen atoms in total. The maximum Gasteiger partial charge on any atom is 0.389 e. The zero-order valence-corrected chi connectivity index (χ0v) is 13.1. The SMILES string of the molecule is Nc1cc(F)c(Br)cc1S(=O)(=O)NCCCCC(F)(F)F. The lowest BCUT2D eigenvalue weighted by Gasteiger charge is -2.10. The van der Waals surface area contributed by atoms with Crippen LogP contribution in [0.15, 0.2) is 21.5 Å². The molecule has 0 atom stereocenters. The van der Waals surface area contributed by atoms with Crippen molar-refractivity contribution in [3.8, 4) is 0 Å². The van der Waals surface area contributed by atoms with Crippen LogP contribution in [0.3, 0.4) is 0 Å². The van der Waals surface area contributed by atoms with Gasteiger partial charge in [0.05, 0.1) is 10.2 Å². The van der Waals surface area contributed by atoms with Gasteiger partial charge in [-0.25, -0.2) is 17.5 Å². The third-order valence-electron chi connectivity index (χ3n) is 2.52. The van der Waals surface area contributed by atoms with E-state index >= 15 is 0 Å². The van der Waals surface area contributed by atoms with Crippen LogP contribution in [0.2, 0.25) is 0 Å². The number of anilines is 1. The zero-order valence-electron chi connectivity index (χ0n) is 10.7. The Morgan fingerprint density at radius 2 is 1.86 bits per heavy atom. The molecule has 0 unspecified atom stereocenters. The maximum atomic E-state index is 13.2. The van der Waals surface area contributed by atoms with Crippen LogP contribution in [-0.2, 0) is 10.0 Å². The number of hydrogen-bond acceptors (Lipinski definition) is 3. The van der Waals surface area contributed by atoms with Gasteiger partial charge in [-0.2, -0.15) is 13.2 Å². The summed E-state index contributed by atoms with van der Waals surface area (Å²) in [6.45, 7) is -0.160. The van der Waals surface area contributed by atoms with Crippen molar-refractivity contribution in [2.75, 3.05) is 12.3 Å². The molecule has 0 spiro atoms. The van der Waals surface area contributed by atoms with Crippen molar-refractivity contribution in [2.24, 2.45) is 0 Å². The highest BCUT2D eigenvalue weighted by Gasteiger charge is 2.26. The molecule has 0 amide bonds. The molecule has 1 rings (SSSR count). The second kappa shape index (κ2) is 6.93. The fraction of sp³-hybridized carbons (Fsp3) is 0.455. The van der Waals surface area contributed by atoms with Gasteiger partial charge < -0.3 is 5.73 Å². The van der Waals surface area contributed by atoms with E-state index in [1.54, 1.807) is 0 Å². The molecule has 0 fully saturated rings. The molecule has 10 heteroatoms. The van der Waals surface area contributed by atoms with E-state index in [1.807, 2.05) is 0 Å². The molecule has 0 heterocycles. The number of nitrogen functional groups attached to an aromatic ring is 1. The van der Waals surface area contributed by atoms with Gasteiger partial charge in [0, 0.05) is 13.0 Å². The lowest BCUT2D eigenvalue weighted by Crippen LogP contribution is -2.26. The van der Waals surface area contributed by atoms with E-state index < -0.39 is 28.4 Å². The molecule has 21 heavy (non-hydrogen) atoms. The Morgan fingerprint density at radius 3 is 2.43 bits per heavy atom. The van der Waals surface area contributed by atoms with Crippen molar-refractivity contribution in [3.05, 3.63) is 22.4 Å². The number of sulfonamides is 1. The van der Waals surface area contributed by atoms with Crippen molar-refractivity contribution < 1.29 is 26.0 Å². The van der Waals surface area contributed by atoms with Gasteiger partial charge in [-0.3, -0.25) is 0 Å². The van der Waals surface area contributed by atoms with Gasteiger partial charge in [0.15, 0.2) is 0 Å². The van der Waals surface area contributed by atoms with Gasteiger partial charge in [0.25, 0.3) is 0 Å². The van der Waals surface area contributed by atoms with Gasteiger partial charge in [-0.15, -0.1) is 0 Å². The molecule has 120 valence electrons. The maximum absolute atomic E-state index is 13.2. The minimum Gasteiger partial charge on any atom is -0.398 e. The second-order valence-electron chi connectivity index (χ2n) is 4.27. The minimum atomic E-state index is -4.26. The molecular weight excluding hydrogens is 380 g/mol. The monoisotopic (exact) mass is 392 g/mol. The molecule has 0 aromatic heterocycles. The number of alkyl halides is 3. The summed E-state index contributed by atoms with van der Waals surface area (Å²) in [6, 6.07) is 1.85. The molecule has 0 aliphatic carbocycles. The molecule has 0 aliphatic rings. The summed E-state index contributed by atoms with van der Waals surface area (Å²) in [6.07, 6.45) is -5.39. The van der Waals surface area contributed by atoms with Crippen molar-refractivity contribution >= 4 is 31.6 Å². The van der Waals surface area contributed by atoms with E-state index in [2.05, 4.69) is 20.7 Å². The predicted octanol–water partition coefficient (Wildman–Crippen LogP) is 3.18. The first kappa shape index (κ1) is 18.2. The highest BCUT2D eigenvalue weighted by atomic mass is 79.9. The molecule has 1 aromatic rings. The normalized spacial score (nSPS) is 12.6. The predicted molar refractivity (Wildman–Crippen MR) is 73.6 cm³/mol. The summed E-state index contributed by atoms with van der Waals surface area (Å²) in [5.41, 5.74) is 5.16. The fourth-order valence-electron chi connectivity index (χ4n) is 1.51. The van der Waals surface area contributed by atoms with Crippen molar-refractivity contribution in [3.63, 3.8) is 0 Å². The van der Waals surface area contributed by atoms with Crippen LogP contribution >= 0.6 is 15.9 Å². The fourth-order valence-corrected chi connectivity index (χ4v) is 3.22. The number of hydrogen-bond donors (Lipinski definition) is 2. The first-order chi connectivity index (χ1) is 9.53. The summed E-state index contributed by atoms with van der Waals surface area (Å²) in [4.78, 5) is -0.327. The number of nitrogens with two attached hydrogens (primary N) is 1. The van der Waals surface area contributed by atoms with Crippen LogP contribution in [0.4, 0.5) is 23.2 Å². The van der Waals surface area contributed by atoms with E-state index in [0.717, 1.165) is 12.1 Å². The molecule has 3 N–H and O–H groups in total. The van der Waals surface area contributed by atoms with Crippen molar-refractivity contribution in [1.82, 2.24) is 4.72 Å². The lowest BCUT2D eigenvalue weighted by atomic mass is 10.2. The van der Waals surface area contributed by atoms with Crippen LogP contribution in [0, 0.1) is 5.82 Å². The van der Waals surface area contributed by atoms with Gasteiger partial charge in [-0.1, -0.05) is 0 Å². The van der Waals surface area contributed by atoms with Crippen LogP contribution < -0.4 is 10.5 Å². The summed E-state index contributed by atoms with van der Waals surface area (Å²) >= 11 is 2.84. The topological polar surface area (TPSA) is 72.2 Å². The lowest BCUT2D eigenvalue weighted by molar-refractivity contribution is -0.135. The number of benzene rings is 1. The molecular formula is C11H13BrF4N2O2S. The average Bonchev–Trinajstić information content (AvgIpc) is 2.31. The Labute approximate surface area is 127 Å². The zero-order chi connectivity index (χ0) is 16.3. The van der Waals surface area contributed by atoms with E-state index in [0.29, 0.717) is 0 Å². The Bertz CT molecular complexity index is 605. The highest BCUT2D eigenvalue weighted by Crippen LogP contribution is 2.26. The smallest absolute Gasteiger partial charge is 0.389 e. The van der Waals surface area contributed by atoms with Gasteiger partial charge in [0.2, 0.25) is 10.0 Å². The summed E-state index contributed by atoms with van der Waals surface area (Å²) in [7, 11) is -4.00.